The van der Waals surface area contributed by atoms with Crippen molar-refractivity contribution in [2.24, 2.45) is 51.6 Å². The Labute approximate surface area is 506 Å². The highest BCUT2D eigenvalue weighted by Gasteiger charge is 2.26. The first-order valence-corrected chi connectivity index (χ1v) is 26.9. The van der Waals surface area contributed by atoms with Gasteiger partial charge >= 0.3 is 42.3 Å². The Morgan fingerprint density at radius 3 is 0.874 bits per heavy atom. The molecule has 0 bridgehead atoms. The van der Waals surface area contributed by atoms with Crippen molar-refractivity contribution in [3.63, 3.8) is 0 Å². The van der Waals surface area contributed by atoms with Gasteiger partial charge < -0.3 is 120 Å². The largest absolute Gasteiger partial charge is 0.453 e. The molecule has 18 amide bonds. The molecule has 0 radical (unpaired) electrons. The lowest BCUT2D eigenvalue weighted by atomic mass is 10.3. The molecule has 5 aliphatic rings. The van der Waals surface area contributed by atoms with Crippen molar-refractivity contribution in [3.05, 3.63) is 0 Å². The molecule has 0 atom stereocenters. The van der Waals surface area contributed by atoms with Crippen molar-refractivity contribution in [1.82, 2.24) is 49.0 Å². The Morgan fingerprint density at radius 2 is 0.678 bits per heavy atom. The molecule has 5 rings (SSSR count). The fourth-order valence-electron chi connectivity index (χ4n) is 6.78. The smallest absolute Gasteiger partial charge is 0.409 e. The number of primary amides is 9. The average Bonchev–Trinajstić information content (AvgIpc) is 3.65. The number of hydrogen-bond donors (Lipinski definition) is 9. The Morgan fingerprint density at radius 1 is 0.379 bits per heavy atom. The normalized spacial score (nSPS) is 15.0. The maximum Gasteiger partial charge on any atom is 0.409 e. The van der Waals surface area contributed by atoms with Crippen LogP contribution in [0.15, 0.2) is 0 Å². The van der Waals surface area contributed by atoms with Crippen LogP contribution in [0.25, 0.3) is 0 Å². The number of urea groups is 5. The van der Waals surface area contributed by atoms with Crippen molar-refractivity contribution in [3.8, 4) is 0 Å². The number of ketones is 2. The standard InChI is InChI=1S/C8H15N3O3.C8H13N3O3.C7H13N3O3.C7H13N3O2.C6H13N3O.C4H7NO2.2C3H7NO2.C3H7NO/c1-14-6-7(12)10-2-4-11(5-3-10)8(9)13;1-6(12)7(13)10-2-4-11(5-3-10)8(9)14;1-13-7(12)10-4-2-9(3-5-10)6(8)11;1-6(11)9-2-4-10(5-3-9)7(8)12;1-8-2-4-9(5-3-8)6(7)10;1-3(6)2-4(5)7;1-6-2-3(4)5;1-2-6-3(4)5;1-2-3(4)5/h2-6H2,1H3,(H2,9,13);2-5H2,1H3,(H2,9,14);2-5H2,1H3,(H2,8,11);2-5H2,1H3,(H2,8,12);2-5H2,1H3,(H2,7,10);2H2,1H3,(H2,5,7);2*2H2,1H3,(H2,4,5);2H2,1H3,(H2,4,5). The minimum Gasteiger partial charge on any atom is -0.453 e. The second kappa shape index (κ2) is 49.2. The summed E-state index contributed by atoms with van der Waals surface area (Å²) in [4.78, 5) is 174. The molecule has 5 saturated heterocycles. The molecule has 5 heterocycles. The summed E-state index contributed by atoms with van der Waals surface area (Å²) >= 11 is 0. The number of Topliss-reactive ketones (excluding diaryl/α,β-unsaturated/α-hetero) is 2. The second-order valence-corrected chi connectivity index (χ2v) is 18.4. The first-order chi connectivity index (χ1) is 40.6. The number of nitrogens with two attached hydrogens (primary N) is 9. The molecule has 0 unspecified atom stereocenters. The predicted molar refractivity (Wildman–Crippen MR) is 311 cm³/mol. The summed E-state index contributed by atoms with van der Waals surface area (Å²) < 4.78 is 17.8. The summed E-state index contributed by atoms with van der Waals surface area (Å²) in [5.41, 5.74) is 43.9. The van der Waals surface area contributed by atoms with E-state index >= 15 is 0 Å². The van der Waals surface area contributed by atoms with Gasteiger partial charge in [-0.15, -0.1) is 0 Å². The van der Waals surface area contributed by atoms with Crippen LogP contribution in [-0.2, 0) is 57.3 Å². The zero-order valence-electron chi connectivity index (χ0n) is 51.6. The SMILES string of the molecule is CC(=O)C(=O)N1CCN(C(N)=O)CC1.CC(=O)CC(N)=O.CC(=O)N1CCN(C(N)=O)CC1.CCC(N)=O.CCOC(N)=O.CN1CCN(C(N)=O)CC1.COC(=O)N1CCN(C(N)=O)CC1.COCC(=O)N1CCN(C(N)=O)CC1.COCC(N)=O. The lowest BCUT2D eigenvalue weighted by molar-refractivity contribution is -0.144. The van der Waals surface area contributed by atoms with E-state index in [1.165, 1.54) is 61.7 Å². The first-order valence-electron chi connectivity index (χ1n) is 26.9. The Bertz CT molecular complexity index is 2130. The molecular formula is C49H95N19O19. The third kappa shape index (κ3) is 45.0. The van der Waals surface area contributed by atoms with E-state index in [9.17, 15) is 71.9 Å². The molecular weight excluding hydrogens is 1160 g/mol. The van der Waals surface area contributed by atoms with Gasteiger partial charge in [0.2, 0.25) is 35.3 Å². The lowest BCUT2D eigenvalue weighted by Gasteiger charge is -2.33. The van der Waals surface area contributed by atoms with E-state index in [0.29, 0.717) is 118 Å². The summed E-state index contributed by atoms with van der Waals surface area (Å²) in [6.07, 6.45) is -0.762. The Balaban J connectivity index is -0.000000455. The third-order valence-electron chi connectivity index (χ3n) is 11.6. The van der Waals surface area contributed by atoms with Crippen molar-refractivity contribution < 1.29 is 90.9 Å². The van der Waals surface area contributed by atoms with Crippen LogP contribution in [-0.4, -0.2) is 317 Å². The highest BCUT2D eigenvalue weighted by molar-refractivity contribution is 6.35. The monoisotopic (exact) mass is 1250 g/mol. The molecule has 38 nitrogen and oxygen atoms in total. The number of nitrogens with zero attached hydrogens (tertiary/aromatic N) is 10. The van der Waals surface area contributed by atoms with Crippen molar-refractivity contribution >= 4 is 89.4 Å². The number of likely N-dealkylation sites (N-methyl/N-ethyl adjacent to an activating group) is 1. The van der Waals surface area contributed by atoms with Crippen LogP contribution >= 0.6 is 0 Å². The maximum absolute atomic E-state index is 11.3. The molecule has 0 aliphatic carbocycles. The fourth-order valence-corrected chi connectivity index (χ4v) is 6.78. The topological polar surface area (TPSA) is 560 Å². The number of carbonyl (C=O) groups excluding carboxylic acids is 15. The number of carbonyl (C=O) groups is 15. The molecule has 5 aliphatic heterocycles. The molecule has 500 valence electrons. The highest BCUT2D eigenvalue weighted by atomic mass is 16.5. The van der Waals surface area contributed by atoms with E-state index in [0.717, 1.165) is 26.2 Å². The molecule has 0 aromatic carbocycles. The molecule has 0 aromatic heterocycles. The zero-order chi connectivity index (χ0) is 67.9. The predicted octanol–water partition coefficient (Wildman–Crippen LogP) is -5.80. The summed E-state index contributed by atoms with van der Waals surface area (Å²) in [6, 6.07) is -2.06. The molecule has 0 spiro atoms. The van der Waals surface area contributed by atoms with Crippen LogP contribution in [0.4, 0.5) is 33.6 Å². The van der Waals surface area contributed by atoms with Crippen LogP contribution in [0.3, 0.4) is 0 Å². The molecule has 18 N–H and O–H groups in total. The number of piperazine rings is 5. The molecule has 0 saturated carbocycles. The minimum absolute atomic E-state index is 0.0139. The van der Waals surface area contributed by atoms with Crippen LogP contribution < -0.4 is 51.6 Å². The summed E-state index contributed by atoms with van der Waals surface area (Å²) in [6.45, 7) is 19.2. The van der Waals surface area contributed by atoms with Crippen LogP contribution in [0, 0.1) is 0 Å². The number of rotatable bonds is 9. The molecule has 87 heavy (non-hydrogen) atoms. The third-order valence-corrected chi connectivity index (χ3v) is 11.6. The Hall–Kier alpha value is -9.07. The van der Waals surface area contributed by atoms with Crippen molar-refractivity contribution in [2.75, 3.05) is 179 Å². The van der Waals surface area contributed by atoms with E-state index in [1.54, 1.807) is 38.3 Å². The van der Waals surface area contributed by atoms with Gasteiger partial charge in [-0.2, -0.15) is 0 Å². The fraction of sp³-hybridized carbons (Fsp3) is 0.694. The second-order valence-electron chi connectivity index (χ2n) is 18.4. The van der Waals surface area contributed by atoms with Gasteiger partial charge in [0.25, 0.3) is 5.91 Å². The summed E-state index contributed by atoms with van der Waals surface area (Å²) in [7, 11) is 6.28. The molecule has 38 heteroatoms. The van der Waals surface area contributed by atoms with Gasteiger partial charge in [0.1, 0.15) is 19.0 Å². The van der Waals surface area contributed by atoms with Gasteiger partial charge in [-0.25, -0.2) is 33.6 Å². The summed E-state index contributed by atoms with van der Waals surface area (Å²) in [5, 5.41) is 0. The van der Waals surface area contributed by atoms with E-state index in [4.69, 9.17) is 33.4 Å². The average molecular weight is 1250 g/mol. The van der Waals surface area contributed by atoms with E-state index in [-0.39, 0.29) is 55.3 Å². The van der Waals surface area contributed by atoms with Crippen molar-refractivity contribution in [1.29, 1.82) is 0 Å². The molecule has 0 aromatic rings. The van der Waals surface area contributed by atoms with Crippen LogP contribution in [0.2, 0.25) is 0 Å². The minimum atomic E-state index is -0.711. The van der Waals surface area contributed by atoms with E-state index < -0.39 is 53.7 Å². The van der Waals surface area contributed by atoms with E-state index in [2.05, 4.69) is 42.0 Å². The van der Waals surface area contributed by atoms with Gasteiger partial charge in [0.05, 0.1) is 20.1 Å². The van der Waals surface area contributed by atoms with Gasteiger partial charge in [0, 0.05) is 165 Å². The molecule has 5 fully saturated rings. The highest BCUT2D eigenvalue weighted by Crippen LogP contribution is 2.05. The maximum atomic E-state index is 11.3. The quantitative estimate of drug-likeness (QED) is 0.0767. The Kier molecular flexibility index (Phi) is 47.7. The first kappa shape index (κ1) is 84.4. The van der Waals surface area contributed by atoms with Crippen LogP contribution in [0.1, 0.15) is 47.5 Å². The summed E-state index contributed by atoms with van der Waals surface area (Å²) in [5.74, 6) is -2.38. The van der Waals surface area contributed by atoms with Gasteiger partial charge in [-0.05, 0) is 20.9 Å². The zero-order valence-corrected chi connectivity index (χ0v) is 51.6. The number of hydrogen-bond acceptors (Lipinski definition) is 20. The number of ether oxygens (including phenoxy) is 4. The van der Waals surface area contributed by atoms with Crippen molar-refractivity contribution in [2.45, 2.75) is 47.5 Å². The number of methoxy groups -OCH3 is 3. The van der Waals surface area contributed by atoms with Gasteiger partial charge in [0.15, 0.2) is 0 Å². The van der Waals surface area contributed by atoms with Gasteiger partial charge in [-0.1, -0.05) is 6.92 Å². The van der Waals surface area contributed by atoms with Gasteiger partial charge in [-0.3, -0.25) is 38.4 Å². The number of amides is 18. The lowest BCUT2D eigenvalue weighted by Crippen LogP contribution is -2.53. The van der Waals surface area contributed by atoms with Crippen LogP contribution in [0.5, 0.6) is 0 Å². The van der Waals surface area contributed by atoms with E-state index in [1.807, 2.05) is 7.05 Å².